The summed E-state index contributed by atoms with van der Waals surface area (Å²) in [5.74, 6) is -1.74. The zero-order chi connectivity index (χ0) is 23.8. The number of para-hydroxylation sites is 1. The van der Waals surface area contributed by atoms with Crippen LogP contribution in [0.15, 0.2) is 72.1 Å². The minimum absolute atomic E-state index is 0.161. The molecule has 0 aliphatic carbocycles. The molecular formula is C26H16ClF2N3OS. The highest BCUT2D eigenvalue weighted by Crippen LogP contribution is 2.32. The van der Waals surface area contributed by atoms with E-state index in [1.165, 1.54) is 12.1 Å². The largest absolute Gasteiger partial charge is 0.298 e. The Morgan fingerprint density at radius 1 is 1.00 bits per heavy atom. The van der Waals surface area contributed by atoms with E-state index in [0.717, 1.165) is 23.0 Å². The van der Waals surface area contributed by atoms with E-state index in [-0.39, 0.29) is 11.5 Å². The Morgan fingerprint density at radius 3 is 2.53 bits per heavy atom. The maximum Gasteiger partial charge on any atom is 0.258 e. The molecule has 0 aliphatic heterocycles. The summed E-state index contributed by atoms with van der Waals surface area (Å²) in [6.07, 6.45) is 0. The van der Waals surface area contributed by atoms with Crippen molar-refractivity contribution in [3.05, 3.63) is 99.9 Å². The topological polar surface area (TPSA) is 54.9 Å². The molecule has 0 aliphatic rings. The maximum absolute atomic E-state index is 14.2. The number of aromatic nitrogens is 2. The number of rotatable bonds is 4. The quantitative estimate of drug-likeness (QED) is 0.283. The van der Waals surface area contributed by atoms with Gasteiger partial charge in [0.05, 0.1) is 22.5 Å². The third kappa shape index (κ3) is 4.16. The molecular weight excluding hydrogens is 476 g/mol. The first-order valence-corrected chi connectivity index (χ1v) is 11.5. The number of hydrogen-bond donors (Lipinski definition) is 1. The lowest BCUT2D eigenvalue weighted by molar-refractivity contribution is 0.102. The van der Waals surface area contributed by atoms with Gasteiger partial charge in [-0.2, -0.15) is 0 Å². The third-order valence-corrected chi connectivity index (χ3v) is 6.42. The van der Waals surface area contributed by atoms with Crippen molar-refractivity contribution in [1.29, 1.82) is 0 Å². The first kappa shape index (κ1) is 22.1. The molecule has 0 radical (unpaired) electrons. The van der Waals surface area contributed by atoms with E-state index < -0.39 is 11.6 Å². The van der Waals surface area contributed by atoms with Crippen LogP contribution in [0.4, 0.5) is 13.9 Å². The van der Waals surface area contributed by atoms with Gasteiger partial charge in [0.15, 0.2) is 5.13 Å². The smallest absolute Gasteiger partial charge is 0.258 e. The molecule has 8 heteroatoms. The number of benzene rings is 3. The van der Waals surface area contributed by atoms with Gasteiger partial charge in [-0.05, 0) is 42.8 Å². The highest BCUT2D eigenvalue weighted by molar-refractivity contribution is 7.14. The predicted octanol–water partition coefficient (Wildman–Crippen LogP) is 7.52. The summed E-state index contributed by atoms with van der Waals surface area (Å²) in [5.41, 5.74) is 3.85. The zero-order valence-electron chi connectivity index (χ0n) is 17.8. The molecule has 0 fully saturated rings. The fourth-order valence-electron chi connectivity index (χ4n) is 3.80. The van der Waals surface area contributed by atoms with Crippen molar-refractivity contribution in [2.45, 2.75) is 6.92 Å². The van der Waals surface area contributed by atoms with Gasteiger partial charge in [-0.25, -0.2) is 18.7 Å². The van der Waals surface area contributed by atoms with Crippen molar-refractivity contribution >= 4 is 44.9 Å². The normalized spacial score (nSPS) is 11.1. The van der Waals surface area contributed by atoms with Gasteiger partial charge in [-0.1, -0.05) is 41.9 Å². The van der Waals surface area contributed by atoms with Crippen molar-refractivity contribution in [3.8, 4) is 22.5 Å². The molecule has 1 amide bonds. The number of thiazole rings is 1. The SMILES string of the molecule is Cc1c(-c2ccc(Cl)cc2)nc2ccccc2c1C(=O)Nc1nc(-c2ccc(F)cc2F)cs1. The Labute approximate surface area is 202 Å². The van der Waals surface area contributed by atoms with Gasteiger partial charge in [0, 0.05) is 33.0 Å². The molecule has 2 aromatic heterocycles. The van der Waals surface area contributed by atoms with Gasteiger partial charge in [-0.15, -0.1) is 11.3 Å². The van der Waals surface area contributed by atoms with Crippen LogP contribution in [0.25, 0.3) is 33.4 Å². The van der Waals surface area contributed by atoms with Crippen LogP contribution in [-0.4, -0.2) is 15.9 Å². The van der Waals surface area contributed by atoms with E-state index in [9.17, 15) is 13.6 Å². The average molecular weight is 492 g/mol. The van der Waals surface area contributed by atoms with Crippen LogP contribution in [0, 0.1) is 18.6 Å². The summed E-state index contributed by atoms with van der Waals surface area (Å²) in [6, 6.07) is 18.0. The molecule has 0 saturated carbocycles. The Bertz CT molecular complexity index is 1550. The minimum atomic E-state index is -0.716. The highest BCUT2D eigenvalue weighted by atomic mass is 35.5. The lowest BCUT2D eigenvalue weighted by atomic mass is 9.97. The second-order valence-corrected chi connectivity index (χ2v) is 8.90. The fourth-order valence-corrected chi connectivity index (χ4v) is 4.63. The summed E-state index contributed by atoms with van der Waals surface area (Å²) in [6.45, 7) is 1.85. The number of fused-ring (bicyclic) bond motifs is 1. The van der Waals surface area contributed by atoms with Gasteiger partial charge in [-0.3, -0.25) is 10.1 Å². The lowest BCUT2D eigenvalue weighted by Gasteiger charge is -2.14. The number of amides is 1. The van der Waals surface area contributed by atoms with Crippen LogP contribution in [0.1, 0.15) is 15.9 Å². The van der Waals surface area contributed by atoms with Crippen LogP contribution in [0.2, 0.25) is 5.02 Å². The molecule has 0 unspecified atom stereocenters. The molecule has 5 aromatic rings. The van der Waals surface area contributed by atoms with Crippen molar-refractivity contribution in [1.82, 2.24) is 9.97 Å². The monoisotopic (exact) mass is 491 g/mol. The zero-order valence-corrected chi connectivity index (χ0v) is 19.3. The Balaban J connectivity index is 1.54. The van der Waals surface area contributed by atoms with Crippen LogP contribution in [-0.2, 0) is 0 Å². The number of nitrogens with zero attached hydrogens (tertiary/aromatic N) is 2. The second kappa shape index (κ2) is 8.93. The van der Waals surface area contributed by atoms with Gasteiger partial charge >= 0.3 is 0 Å². The van der Waals surface area contributed by atoms with Gasteiger partial charge in [0.25, 0.3) is 5.91 Å². The summed E-state index contributed by atoms with van der Waals surface area (Å²) in [4.78, 5) is 22.5. The number of carbonyl (C=O) groups is 1. The number of pyridine rings is 1. The minimum Gasteiger partial charge on any atom is -0.298 e. The molecule has 0 atom stereocenters. The molecule has 0 saturated heterocycles. The molecule has 4 nitrogen and oxygen atoms in total. The van der Waals surface area contributed by atoms with E-state index >= 15 is 0 Å². The summed E-state index contributed by atoms with van der Waals surface area (Å²) in [7, 11) is 0. The molecule has 1 N–H and O–H groups in total. The number of hydrogen-bond acceptors (Lipinski definition) is 4. The highest BCUT2D eigenvalue weighted by Gasteiger charge is 2.20. The molecule has 0 bridgehead atoms. The first-order valence-electron chi connectivity index (χ1n) is 10.3. The first-order chi connectivity index (χ1) is 16.4. The fraction of sp³-hybridized carbons (Fsp3) is 0.0385. The Morgan fingerprint density at radius 2 is 1.76 bits per heavy atom. The third-order valence-electron chi connectivity index (χ3n) is 5.41. The Hall–Kier alpha value is -3.68. The maximum atomic E-state index is 14.2. The number of anilines is 1. The van der Waals surface area contributed by atoms with Crippen molar-refractivity contribution in [3.63, 3.8) is 0 Å². The van der Waals surface area contributed by atoms with E-state index in [0.29, 0.717) is 43.6 Å². The van der Waals surface area contributed by atoms with Crippen molar-refractivity contribution < 1.29 is 13.6 Å². The summed E-state index contributed by atoms with van der Waals surface area (Å²) in [5, 5.41) is 6.05. The summed E-state index contributed by atoms with van der Waals surface area (Å²) < 4.78 is 27.4. The number of nitrogens with one attached hydrogen (secondary N) is 1. The molecule has 5 rings (SSSR count). The van der Waals surface area contributed by atoms with E-state index in [4.69, 9.17) is 16.6 Å². The number of carbonyl (C=O) groups excluding carboxylic acids is 1. The molecule has 2 heterocycles. The van der Waals surface area contributed by atoms with E-state index in [1.54, 1.807) is 17.5 Å². The molecule has 168 valence electrons. The standard InChI is InChI=1S/C26H16ClF2N3OS/c1-14-23(19-4-2-3-5-21(19)30-24(14)15-6-8-16(27)9-7-15)25(33)32-26-31-22(13-34-26)18-11-10-17(28)12-20(18)29/h2-13H,1H3,(H,31,32,33). The number of halogens is 3. The lowest BCUT2D eigenvalue weighted by Crippen LogP contribution is -2.15. The molecule has 3 aromatic carbocycles. The van der Waals surface area contributed by atoms with Crippen LogP contribution < -0.4 is 5.32 Å². The second-order valence-electron chi connectivity index (χ2n) is 7.60. The van der Waals surface area contributed by atoms with Gasteiger partial charge in [0.2, 0.25) is 0 Å². The van der Waals surface area contributed by atoms with E-state index in [1.807, 2.05) is 43.3 Å². The van der Waals surface area contributed by atoms with Crippen LogP contribution in [0.5, 0.6) is 0 Å². The van der Waals surface area contributed by atoms with Gasteiger partial charge < -0.3 is 0 Å². The van der Waals surface area contributed by atoms with Gasteiger partial charge in [0.1, 0.15) is 11.6 Å². The predicted molar refractivity (Wildman–Crippen MR) is 132 cm³/mol. The molecule has 0 spiro atoms. The Kier molecular flexibility index (Phi) is 5.81. The van der Waals surface area contributed by atoms with E-state index in [2.05, 4.69) is 10.3 Å². The van der Waals surface area contributed by atoms with Crippen LogP contribution >= 0.6 is 22.9 Å². The van der Waals surface area contributed by atoms with Crippen LogP contribution in [0.3, 0.4) is 0 Å². The molecule has 34 heavy (non-hydrogen) atoms. The van der Waals surface area contributed by atoms with Crippen molar-refractivity contribution in [2.24, 2.45) is 0 Å². The summed E-state index contributed by atoms with van der Waals surface area (Å²) >= 11 is 7.20. The average Bonchev–Trinajstić information content (AvgIpc) is 3.27. The van der Waals surface area contributed by atoms with Crippen molar-refractivity contribution in [2.75, 3.05) is 5.32 Å².